The Morgan fingerprint density at radius 2 is 2.00 bits per heavy atom. The molecule has 6 heteroatoms. The van der Waals surface area contributed by atoms with Gasteiger partial charge in [0.25, 0.3) is 5.79 Å². The summed E-state index contributed by atoms with van der Waals surface area (Å²) in [5.74, 6) is -3.45. The van der Waals surface area contributed by atoms with E-state index in [0.717, 1.165) is 4.90 Å². The smallest absolute Gasteiger partial charge is 0.365 e. The molecule has 92 valence electrons. The highest BCUT2D eigenvalue weighted by Gasteiger charge is 2.52. The first-order valence-electron chi connectivity index (χ1n) is 5.16. The van der Waals surface area contributed by atoms with Gasteiger partial charge in [-0.25, -0.2) is 14.0 Å². The van der Waals surface area contributed by atoms with Gasteiger partial charge in [0.05, 0.1) is 0 Å². The van der Waals surface area contributed by atoms with Crippen LogP contribution < -0.4 is 5.73 Å². The van der Waals surface area contributed by atoms with E-state index in [1.165, 1.54) is 0 Å². The Bertz CT molecular complexity index is 314. The van der Waals surface area contributed by atoms with Gasteiger partial charge >= 0.3 is 12.0 Å². The average Bonchev–Trinajstić information content (AvgIpc) is 2.45. The van der Waals surface area contributed by atoms with E-state index < -0.39 is 23.4 Å². The second-order valence-electron chi connectivity index (χ2n) is 4.85. The number of nitrogens with two attached hydrogens (primary N) is 1. The molecule has 1 rings (SSSR count). The Kier molecular flexibility index (Phi) is 3.12. The van der Waals surface area contributed by atoms with Crippen LogP contribution >= 0.6 is 0 Å². The third-order valence-corrected chi connectivity index (χ3v) is 2.30. The van der Waals surface area contributed by atoms with Crippen LogP contribution in [0, 0.1) is 0 Å². The van der Waals surface area contributed by atoms with Gasteiger partial charge in [0.15, 0.2) is 0 Å². The van der Waals surface area contributed by atoms with Crippen LogP contribution in [0.5, 0.6) is 0 Å². The molecular formula is C10H17FN2O3. The quantitative estimate of drug-likeness (QED) is 0.544. The Morgan fingerprint density at radius 3 is 2.44 bits per heavy atom. The maximum Gasteiger partial charge on any atom is 0.365 e. The summed E-state index contributed by atoms with van der Waals surface area (Å²) in [4.78, 5) is 23.4. The van der Waals surface area contributed by atoms with E-state index in [9.17, 15) is 14.0 Å². The van der Waals surface area contributed by atoms with Gasteiger partial charge in [-0.15, -0.1) is 0 Å². The van der Waals surface area contributed by atoms with E-state index in [-0.39, 0.29) is 13.0 Å². The molecule has 1 aliphatic rings. The van der Waals surface area contributed by atoms with Gasteiger partial charge in [-0.1, -0.05) is 0 Å². The van der Waals surface area contributed by atoms with Crippen molar-refractivity contribution >= 4 is 12.0 Å². The molecule has 5 nitrogen and oxygen atoms in total. The number of likely N-dealkylation sites (tertiary alicyclic amines) is 1. The summed E-state index contributed by atoms with van der Waals surface area (Å²) in [6.45, 7) is 5.05. The molecule has 16 heavy (non-hydrogen) atoms. The van der Waals surface area contributed by atoms with Crippen LogP contribution in [0.25, 0.3) is 0 Å². The zero-order valence-electron chi connectivity index (χ0n) is 9.75. The predicted molar refractivity (Wildman–Crippen MR) is 55.2 cm³/mol. The number of hydrogen-bond acceptors (Lipinski definition) is 3. The third-order valence-electron chi connectivity index (χ3n) is 2.30. The molecule has 0 radical (unpaired) electrons. The standard InChI is InChI=1S/C10H17FN2O3/c1-9(2,3)16-7(14)10(11)5-4-6-13(10)8(12)15/h4-6H2,1-3H3,(H2,12,15). The van der Waals surface area contributed by atoms with E-state index in [2.05, 4.69) is 0 Å². The molecular weight excluding hydrogens is 215 g/mol. The van der Waals surface area contributed by atoms with Crippen LogP contribution in [0.15, 0.2) is 0 Å². The van der Waals surface area contributed by atoms with Crippen molar-refractivity contribution in [2.75, 3.05) is 6.54 Å². The number of hydrogen-bond donors (Lipinski definition) is 1. The zero-order chi connectivity index (χ0) is 12.6. The van der Waals surface area contributed by atoms with E-state index in [4.69, 9.17) is 10.5 Å². The van der Waals surface area contributed by atoms with Crippen LogP contribution in [-0.2, 0) is 9.53 Å². The number of amides is 2. The number of rotatable bonds is 1. The lowest BCUT2D eigenvalue weighted by molar-refractivity contribution is -0.177. The molecule has 0 aromatic carbocycles. The second kappa shape index (κ2) is 3.92. The van der Waals surface area contributed by atoms with E-state index >= 15 is 0 Å². The number of primary amides is 1. The first-order chi connectivity index (χ1) is 7.17. The van der Waals surface area contributed by atoms with Gasteiger partial charge in [0.2, 0.25) is 0 Å². The van der Waals surface area contributed by atoms with Gasteiger partial charge in [0.1, 0.15) is 5.60 Å². The second-order valence-corrected chi connectivity index (χ2v) is 4.85. The molecule has 1 fully saturated rings. The molecule has 0 spiro atoms. The lowest BCUT2D eigenvalue weighted by atomic mass is 10.1. The van der Waals surface area contributed by atoms with Gasteiger partial charge in [-0.05, 0) is 27.2 Å². The molecule has 2 N–H and O–H groups in total. The minimum atomic E-state index is -2.40. The van der Waals surface area contributed by atoms with Crippen molar-refractivity contribution in [3.05, 3.63) is 0 Å². The molecule has 0 aromatic heterocycles. The molecule has 1 saturated heterocycles. The lowest BCUT2D eigenvalue weighted by Gasteiger charge is -2.30. The van der Waals surface area contributed by atoms with Crippen molar-refractivity contribution in [1.29, 1.82) is 0 Å². The maximum absolute atomic E-state index is 14.3. The molecule has 0 aromatic rings. The first-order valence-corrected chi connectivity index (χ1v) is 5.16. The van der Waals surface area contributed by atoms with E-state index in [0.29, 0.717) is 6.42 Å². The number of esters is 1. The van der Waals surface area contributed by atoms with Crippen molar-refractivity contribution in [2.45, 2.75) is 45.0 Å². The summed E-state index contributed by atoms with van der Waals surface area (Å²) < 4.78 is 19.2. The van der Waals surface area contributed by atoms with E-state index in [1.807, 2.05) is 0 Å². The Labute approximate surface area is 93.7 Å². The van der Waals surface area contributed by atoms with Crippen LogP contribution in [-0.4, -0.2) is 34.8 Å². The topological polar surface area (TPSA) is 72.6 Å². The molecule has 0 saturated carbocycles. The maximum atomic E-state index is 14.3. The predicted octanol–water partition coefficient (Wildman–Crippen LogP) is 1.17. The van der Waals surface area contributed by atoms with Crippen LogP contribution in [0.3, 0.4) is 0 Å². The lowest BCUT2D eigenvalue weighted by Crippen LogP contribution is -2.53. The molecule has 2 amide bonds. The van der Waals surface area contributed by atoms with Gasteiger partial charge in [0, 0.05) is 13.0 Å². The Balaban J connectivity index is 2.84. The molecule has 1 atom stereocenters. The summed E-state index contributed by atoms with van der Waals surface area (Å²) in [5.41, 5.74) is 4.22. The van der Waals surface area contributed by atoms with Gasteiger partial charge in [-0.2, -0.15) is 0 Å². The van der Waals surface area contributed by atoms with Crippen molar-refractivity contribution in [1.82, 2.24) is 4.90 Å². The van der Waals surface area contributed by atoms with Crippen molar-refractivity contribution in [3.8, 4) is 0 Å². The highest BCUT2D eigenvalue weighted by Crippen LogP contribution is 2.33. The van der Waals surface area contributed by atoms with Gasteiger partial charge < -0.3 is 10.5 Å². The third kappa shape index (κ3) is 2.43. The summed E-state index contributed by atoms with van der Waals surface area (Å²) >= 11 is 0. The van der Waals surface area contributed by atoms with Crippen molar-refractivity contribution < 1.29 is 18.7 Å². The fourth-order valence-electron chi connectivity index (χ4n) is 1.64. The van der Waals surface area contributed by atoms with Crippen molar-refractivity contribution in [2.24, 2.45) is 5.73 Å². The molecule has 1 unspecified atom stereocenters. The SMILES string of the molecule is CC(C)(C)OC(=O)C1(F)CCCN1C(N)=O. The van der Waals surface area contributed by atoms with Gasteiger partial charge in [-0.3, -0.25) is 4.90 Å². The summed E-state index contributed by atoms with van der Waals surface area (Å²) in [5, 5.41) is 0. The number of urea groups is 1. The molecule has 0 aliphatic carbocycles. The number of alkyl halides is 1. The number of nitrogens with zero attached hydrogens (tertiary/aromatic N) is 1. The summed E-state index contributed by atoms with van der Waals surface area (Å²) in [7, 11) is 0. The molecule has 1 aliphatic heterocycles. The largest absolute Gasteiger partial charge is 0.456 e. The minimum absolute atomic E-state index is 0.0646. The zero-order valence-corrected chi connectivity index (χ0v) is 9.75. The Hall–Kier alpha value is -1.33. The van der Waals surface area contributed by atoms with E-state index in [1.54, 1.807) is 20.8 Å². The summed E-state index contributed by atoms with van der Waals surface area (Å²) in [6.07, 6.45) is 0.337. The van der Waals surface area contributed by atoms with Crippen molar-refractivity contribution in [3.63, 3.8) is 0 Å². The Morgan fingerprint density at radius 1 is 1.44 bits per heavy atom. The fraction of sp³-hybridized carbons (Fsp3) is 0.800. The fourth-order valence-corrected chi connectivity index (χ4v) is 1.64. The number of carbonyl (C=O) groups excluding carboxylic acids is 2. The number of halogens is 1. The van der Waals surface area contributed by atoms with Crippen LogP contribution in [0.2, 0.25) is 0 Å². The molecule has 0 bridgehead atoms. The minimum Gasteiger partial charge on any atom is -0.456 e. The highest BCUT2D eigenvalue weighted by atomic mass is 19.1. The monoisotopic (exact) mass is 232 g/mol. The van der Waals surface area contributed by atoms with Crippen LogP contribution in [0.4, 0.5) is 9.18 Å². The average molecular weight is 232 g/mol. The first kappa shape index (κ1) is 12.7. The number of ether oxygens (including phenoxy) is 1. The summed E-state index contributed by atoms with van der Waals surface area (Å²) in [6, 6.07) is -0.939. The normalized spacial score (nSPS) is 25.6. The molecule has 1 heterocycles. The highest BCUT2D eigenvalue weighted by molar-refractivity contribution is 5.86. The van der Waals surface area contributed by atoms with Crippen LogP contribution in [0.1, 0.15) is 33.6 Å². The number of carbonyl (C=O) groups is 2.